The van der Waals surface area contributed by atoms with Gasteiger partial charge in [0.1, 0.15) is 6.02 Å². The zero-order valence-electron chi connectivity index (χ0n) is 15.0. The maximum Gasteiger partial charge on any atom is 1.00 e. The Hall–Kier alpha value is -2.09. The molecular formula is C19H13ClF3LiN2O2. The van der Waals surface area contributed by atoms with Crippen molar-refractivity contribution in [3.8, 4) is 11.8 Å². The maximum atomic E-state index is 14.2. The van der Waals surface area contributed by atoms with E-state index in [1.54, 1.807) is 30.3 Å². The van der Waals surface area contributed by atoms with E-state index >= 15 is 0 Å². The first-order chi connectivity index (χ1) is 12.9. The summed E-state index contributed by atoms with van der Waals surface area (Å²) in [5.74, 6) is 4.83. The van der Waals surface area contributed by atoms with E-state index in [1.165, 1.54) is 25.3 Å². The van der Waals surface area contributed by atoms with Crippen LogP contribution in [0.3, 0.4) is 0 Å². The Balaban J connectivity index is 0.00000280. The van der Waals surface area contributed by atoms with Gasteiger partial charge in [0, 0.05) is 17.7 Å². The third kappa shape index (κ3) is 4.48. The number of benzene rings is 2. The van der Waals surface area contributed by atoms with Crippen molar-refractivity contribution >= 4 is 23.3 Å². The molecule has 2 aromatic carbocycles. The summed E-state index contributed by atoms with van der Waals surface area (Å²) in [4.78, 5) is 4.01. The number of nitrogens with zero attached hydrogens (tertiary/aromatic N) is 2. The predicted octanol–water partition coefficient (Wildman–Crippen LogP) is 2.15. The SMILES string of the molecule is COCOC1=Nc2ccc(Cl)cc2C(C#Cc2ccccc2)(C(F)(F)F)[N-]1.[Li+]. The first-order valence-corrected chi connectivity index (χ1v) is 8.12. The zero-order chi connectivity index (χ0) is 19.5. The van der Waals surface area contributed by atoms with Crippen LogP contribution in [0.25, 0.3) is 5.32 Å². The number of ether oxygens (including phenoxy) is 2. The molecule has 1 unspecified atom stereocenters. The number of amidine groups is 1. The van der Waals surface area contributed by atoms with Crippen molar-refractivity contribution in [3.63, 3.8) is 0 Å². The second-order valence-electron chi connectivity index (χ2n) is 5.54. The third-order valence-corrected chi connectivity index (χ3v) is 3.94. The van der Waals surface area contributed by atoms with Gasteiger partial charge in [0.25, 0.3) is 0 Å². The van der Waals surface area contributed by atoms with E-state index in [2.05, 4.69) is 22.2 Å². The summed E-state index contributed by atoms with van der Waals surface area (Å²) in [7, 11) is 1.34. The van der Waals surface area contributed by atoms with Crippen LogP contribution in [0.2, 0.25) is 5.02 Å². The van der Waals surface area contributed by atoms with E-state index in [4.69, 9.17) is 21.1 Å². The van der Waals surface area contributed by atoms with Gasteiger partial charge in [-0.2, -0.15) is 13.2 Å². The average molecular weight is 401 g/mol. The first-order valence-electron chi connectivity index (χ1n) is 7.74. The summed E-state index contributed by atoms with van der Waals surface area (Å²) in [5.41, 5.74) is -2.67. The van der Waals surface area contributed by atoms with Crippen LogP contribution in [-0.2, 0) is 15.0 Å². The standard InChI is InChI=1S/C19H13ClF3N2O2.Li/c1-26-12-27-17-24-16-8-7-14(20)11-15(16)18(25-17,19(21,22)23)10-9-13-5-3-2-4-6-13;/h2-8,11H,12H2,1H3;/q-1;+1. The van der Waals surface area contributed by atoms with E-state index in [-0.39, 0.29) is 41.9 Å². The normalized spacial score (nSPS) is 17.8. The summed E-state index contributed by atoms with van der Waals surface area (Å²) in [6, 6.07) is 11.8. The summed E-state index contributed by atoms with van der Waals surface area (Å²) in [6.45, 7) is -0.300. The second-order valence-corrected chi connectivity index (χ2v) is 5.98. The van der Waals surface area contributed by atoms with Gasteiger partial charge >= 0.3 is 25.0 Å². The van der Waals surface area contributed by atoms with Gasteiger partial charge in [0.05, 0.1) is 0 Å². The van der Waals surface area contributed by atoms with E-state index in [9.17, 15) is 13.2 Å². The van der Waals surface area contributed by atoms with Crippen molar-refractivity contribution in [2.24, 2.45) is 4.99 Å². The molecule has 0 radical (unpaired) electrons. The van der Waals surface area contributed by atoms with Crippen LogP contribution in [0, 0.1) is 11.8 Å². The second kappa shape index (κ2) is 8.94. The van der Waals surface area contributed by atoms with E-state index < -0.39 is 17.7 Å². The Morgan fingerprint density at radius 3 is 2.54 bits per heavy atom. The molecule has 28 heavy (non-hydrogen) atoms. The van der Waals surface area contributed by atoms with Crippen molar-refractivity contribution in [2.45, 2.75) is 11.7 Å². The van der Waals surface area contributed by atoms with Crippen LogP contribution in [0.1, 0.15) is 11.1 Å². The summed E-state index contributed by atoms with van der Waals surface area (Å²) < 4.78 is 52.5. The maximum absolute atomic E-state index is 14.2. The number of methoxy groups -OCH3 is 1. The molecule has 1 aliphatic rings. The molecule has 0 fully saturated rings. The van der Waals surface area contributed by atoms with Gasteiger partial charge in [0.15, 0.2) is 12.3 Å². The van der Waals surface area contributed by atoms with E-state index in [0.717, 1.165) is 0 Å². The molecule has 1 heterocycles. The van der Waals surface area contributed by atoms with Gasteiger partial charge in [-0.15, -0.1) is 0 Å². The van der Waals surface area contributed by atoms with Crippen molar-refractivity contribution in [3.05, 3.63) is 70.0 Å². The van der Waals surface area contributed by atoms with Gasteiger partial charge in [-0.1, -0.05) is 47.7 Å². The molecular weight excluding hydrogens is 388 g/mol. The fourth-order valence-corrected chi connectivity index (χ4v) is 2.64. The van der Waals surface area contributed by atoms with Crippen LogP contribution in [0.5, 0.6) is 0 Å². The van der Waals surface area contributed by atoms with Crippen molar-refractivity contribution < 1.29 is 41.5 Å². The van der Waals surface area contributed by atoms with Gasteiger partial charge in [-0.25, -0.2) is 0 Å². The summed E-state index contributed by atoms with van der Waals surface area (Å²) in [6.07, 6.45) is -4.84. The summed E-state index contributed by atoms with van der Waals surface area (Å²) in [5, 5.41) is 3.83. The fourth-order valence-electron chi connectivity index (χ4n) is 2.47. The molecule has 1 atom stereocenters. The van der Waals surface area contributed by atoms with E-state index in [0.29, 0.717) is 5.56 Å². The molecule has 0 N–H and O–H groups in total. The van der Waals surface area contributed by atoms with Gasteiger partial charge < -0.3 is 19.8 Å². The molecule has 2 aromatic rings. The third-order valence-electron chi connectivity index (χ3n) is 3.71. The molecule has 3 rings (SSSR count). The number of fused-ring (bicyclic) bond motifs is 1. The minimum Gasteiger partial charge on any atom is -0.475 e. The van der Waals surface area contributed by atoms with Gasteiger partial charge in [-0.3, -0.25) is 0 Å². The van der Waals surface area contributed by atoms with Gasteiger partial charge in [-0.05, 0) is 35.5 Å². The Morgan fingerprint density at radius 1 is 1.18 bits per heavy atom. The number of hydrogen-bond donors (Lipinski definition) is 0. The first kappa shape index (κ1) is 22.2. The van der Waals surface area contributed by atoms with Crippen molar-refractivity contribution in [2.75, 3.05) is 13.9 Å². The largest absolute Gasteiger partial charge is 1.00 e. The molecule has 1 aliphatic heterocycles. The average Bonchev–Trinajstić information content (AvgIpc) is 2.64. The Labute approximate surface area is 177 Å². The van der Waals surface area contributed by atoms with Crippen LogP contribution >= 0.6 is 11.6 Å². The smallest absolute Gasteiger partial charge is 0.475 e. The van der Waals surface area contributed by atoms with Gasteiger partial charge in [0.2, 0.25) is 0 Å². The summed E-state index contributed by atoms with van der Waals surface area (Å²) >= 11 is 5.93. The van der Waals surface area contributed by atoms with Crippen LogP contribution in [0.4, 0.5) is 18.9 Å². The number of rotatable bonds is 2. The number of aliphatic imine (C=N–C) groups is 1. The van der Waals surface area contributed by atoms with Crippen molar-refractivity contribution in [1.29, 1.82) is 0 Å². The molecule has 0 saturated heterocycles. The molecule has 140 valence electrons. The molecule has 0 bridgehead atoms. The quantitative estimate of drug-likeness (QED) is 0.440. The number of alkyl halides is 3. The molecule has 4 nitrogen and oxygen atoms in total. The monoisotopic (exact) mass is 400 g/mol. The minimum atomic E-state index is -4.84. The Morgan fingerprint density at radius 2 is 1.89 bits per heavy atom. The molecule has 9 heteroatoms. The topological polar surface area (TPSA) is 44.9 Å². The van der Waals surface area contributed by atoms with E-state index in [1.807, 2.05) is 0 Å². The Kier molecular flexibility index (Phi) is 7.09. The van der Waals surface area contributed by atoms with Crippen LogP contribution in [-0.4, -0.2) is 26.1 Å². The molecule has 0 amide bonds. The van der Waals surface area contributed by atoms with Crippen LogP contribution < -0.4 is 18.9 Å². The van der Waals surface area contributed by atoms with Crippen molar-refractivity contribution in [1.82, 2.24) is 0 Å². The Bertz CT molecular complexity index is 926. The zero-order valence-corrected chi connectivity index (χ0v) is 15.8. The van der Waals surface area contributed by atoms with Crippen LogP contribution in [0.15, 0.2) is 53.5 Å². The predicted molar refractivity (Wildman–Crippen MR) is 95.9 cm³/mol. The number of hydrogen-bond acceptors (Lipinski definition) is 3. The molecule has 0 aromatic heterocycles. The molecule has 0 spiro atoms. The number of halogens is 4. The molecule has 0 aliphatic carbocycles. The fraction of sp³-hybridized carbons (Fsp3) is 0.211. The molecule has 0 saturated carbocycles. The minimum absolute atomic E-state index is 0.